The molecule has 0 saturated heterocycles. The molecule has 0 aromatic carbocycles. The van der Waals surface area contributed by atoms with Crippen LogP contribution in [-0.4, -0.2) is 16.3 Å². The normalized spacial score (nSPS) is 11.4. The highest BCUT2D eigenvalue weighted by molar-refractivity contribution is 6.31. The SMILES string of the molecule is Cc1nn(Cc2cc(CNCC(C)C)co2)cc1Cl. The van der Waals surface area contributed by atoms with Gasteiger partial charge in [-0.1, -0.05) is 25.4 Å². The second kappa shape index (κ2) is 6.26. The van der Waals surface area contributed by atoms with Crippen LogP contribution in [0.25, 0.3) is 0 Å². The first-order valence-corrected chi connectivity index (χ1v) is 6.89. The zero-order valence-corrected chi connectivity index (χ0v) is 12.4. The Morgan fingerprint density at radius 1 is 1.47 bits per heavy atom. The molecule has 2 aromatic heterocycles. The molecule has 1 N–H and O–H groups in total. The number of halogens is 1. The van der Waals surface area contributed by atoms with Gasteiger partial charge < -0.3 is 9.73 Å². The van der Waals surface area contributed by atoms with E-state index < -0.39 is 0 Å². The molecule has 2 aromatic rings. The van der Waals surface area contributed by atoms with Crippen LogP contribution in [0.15, 0.2) is 22.9 Å². The second-order valence-corrected chi connectivity index (χ2v) is 5.61. The van der Waals surface area contributed by atoms with Gasteiger partial charge in [0.15, 0.2) is 0 Å². The van der Waals surface area contributed by atoms with Crippen LogP contribution in [-0.2, 0) is 13.1 Å². The Kier molecular flexibility index (Phi) is 4.66. The number of aromatic nitrogens is 2. The van der Waals surface area contributed by atoms with Gasteiger partial charge in [-0.3, -0.25) is 4.68 Å². The average Bonchev–Trinajstić information content (AvgIpc) is 2.87. The topological polar surface area (TPSA) is 43.0 Å². The van der Waals surface area contributed by atoms with Crippen LogP contribution in [0.5, 0.6) is 0 Å². The fourth-order valence-corrected chi connectivity index (χ4v) is 1.99. The molecule has 104 valence electrons. The van der Waals surface area contributed by atoms with Gasteiger partial charge in [-0.25, -0.2) is 0 Å². The Labute approximate surface area is 118 Å². The summed E-state index contributed by atoms with van der Waals surface area (Å²) < 4.78 is 7.32. The fraction of sp³-hybridized carbons (Fsp3) is 0.500. The van der Waals surface area contributed by atoms with Gasteiger partial charge >= 0.3 is 0 Å². The summed E-state index contributed by atoms with van der Waals surface area (Å²) in [6.07, 6.45) is 3.61. The number of nitrogens with zero attached hydrogens (tertiary/aromatic N) is 2. The number of furan rings is 1. The van der Waals surface area contributed by atoms with Crippen LogP contribution in [0, 0.1) is 12.8 Å². The number of hydrogen-bond donors (Lipinski definition) is 1. The fourth-order valence-electron chi connectivity index (χ4n) is 1.84. The summed E-state index contributed by atoms with van der Waals surface area (Å²) in [6.45, 7) is 8.73. The van der Waals surface area contributed by atoms with Crippen LogP contribution in [0.2, 0.25) is 5.02 Å². The first-order chi connectivity index (χ1) is 9.04. The number of hydrogen-bond acceptors (Lipinski definition) is 3. The molecule has 19 heavy (non-hydrogen) atoms. The first kappa shape index (κ1) is 14.2. The van der Waals surface area contributed by atoms with E-state index in [1.54, 1.807) is 10.9 Å². The number of nitrogens with one attached hydrogen (secondary N) is 1. The molecule has 0 unspecified atom stereocenters. The third kappa shape index (κ3) is 4.11. The van der Waals surface area contributed by atoms with Crippen LogP contribution in [0.4, 0.5) is 0 Å². The molecule has 0 spiro atoms. The molecule has 4 nitrogen and oxygen atoms in total. The van der Waals surface area contributed by atoms with Crippen molar-refractivity contribution in [2.24, 2.45) is 5.92 Å². The van der Waals surface area contributed by atoms with Gasteiger partial charge in [0.2, 0.25) is 0 Å². The molecule has 0 aliphatic heterocycles. The summed E-state index contributed by atoms with van der Waals surface area (Å²) >= 11 is 5.98. The van der Waals surface area contributed by atoms with Gasteiger partial charge in [0.1, 0.15) is 5.76 Å². The molecule has 2 heterocycles. The average molecular weight is 282 g/mol. The molecule has 0 saturated carbocycles. The zero-order chi connectivity index (χ0) is 13.8. The monoisotopic (exact) mass is 281 g/mol. The van der Waals surface area contributed by atoms with Crippen molar-refractivity contribution >= 4 is 11.6 Å². The van der Waals surface area contributed by atoms with Crippen molar-refractivity contribution in [1.29, 1.82) is 0 Å². The van der Waals surface area contributed by atoms with Crippen molar-refractivity contribution in [3.63, 3.8) is 0 Å². The van der Waals surface area contributed by atoms with E-state index in [9.17, 15) is 0 Å². The summed E-state index contributed by atoms with van der Waals surface area (Å²) in [5, 5.41) is 8.38. The quantitative estimate of drug-likeness (QED) is 0.884. The number of rotatable bonds is 6. The lowest BCUT2D eigenvalue weighted by Crippen LogP contribution is -2.18. The van der Waals surface area contributed by atoms with Crippen molar-refractivity contribution in [3.8, 4) is 0 Å². The Bertz CT molecular complexity index is 511. The highest BCUT2D eigenvalue weighted by atomic mass is 35.5. The van der Waals surface area contributed by atoms with Gasteiger partial charge in [-0.05, 0) is 25.5 Å². The Balaban J connectivity index is 1.90. The van der Waals surface area contributed by atoms with E-state index in [0.29, 0.717) is 17.5 Å². The molecular weight excluding hydrogens is 262 g/mol. The molecule has 5 heteroatoms. The van der Waals surface area contributed by atoms with E-state index in [-0.39, 0.29) is 0 Å². The molecular formula is C14H20ClN3O. The van der Waals surface area contributed by atoms with Crippen LogP contribution >= 0.6 is 11.6 Å². The summed E-state index contributed by atoms with van der Waals surface area (Å²) in [7, 11) is 0. The van der Waals surface area contributed by atoms with Crippen molar-refractivity contribution in [3.05, 3.63) is 40.6 Å². The highest BCUT2D eigenvalue weighted by Gasteiger charge is 2.06. The number of aryl methyl sites for hydroxylation is 1. The van der Waals surface area contributed by atoms with Crippen molar-refractivity contribution < 1.29 is 4.42 Å². The lowest BCUT2D eigenvalue weighted by atomic mass is 10.2. The Morgan fingerprint density at radius 2 is 2.26 bits per heavy atom. The van der Waals surface area contributed by atoms with Crippen LogP contribution < -0.4 is 5.32 Å². The maximum atomic E-state index is 5.98. The molecule has 2 rings (SSSR count). The van der Waals surface area contributed by atoms with E-state index in [4.69, 9.17) is 16.0 Å². The molecule has 0 radical (unpaired) electrons. The maximum absolute atomic E-state index is 5.98. The Hall–Kier alpha value is -1.26. The minimum Gasteiger partial charge on any atom is -0.467 e. The molecule has 0 amide bonds. The highest BCUT2D eigenvalue weighted by Crippen LogP contribution is 2.14. The van der Waals surface area contributed by atoms with E-state index in [1.807, 2.05) is 13.1 Å². The summed E-state index contributed by atoms with van der Waals surface area (Å²) in [5.41, 5.74) is 2.00. The Morgan fingerprint density at radius 3 is 2.89 bits per heavy atom. The van der Waals surface area contributed by atoms with Crippen molar-refractivity contribution in [2.45, 2.75) is 33.9 Å². The molecule has 0 aliphatic rings. The molecule has 0 atom stereocenters. The zero-order valence-electron chi connectivity index (χ0n) is 11.6. The predicted molar refractivity (Wildman–Crippen MR) is 76.3 cm³/mol. The van der Waals surface area contributed by atoms with Gasteiger partial charge in [0.05, 0.1) is 23.5 Å². The van der Waals surface area contributed by atoms with Crippen molar-refractivity contribution in [2.75, 3.05) is 6.54 Å². The maximum Gasteiger partial charge on any atom is 0.125 e. The minimum atomic E-state index is 0.609. The smallest absolute Gasteiger partial charge is 0.125 e. The standard InChI is InChI=1S/C14H20ClN3O/c1-10(2)5-16-6-12-4-13(19-9-12)7-18-8-14(15)11(3)17-18/h4,8-10,16H,5-7H2,1-3H3. The lowest BCUT2D eigenvalue weighted by molar-refractivity contribution is 0.476. The second-order valence-electron chi connectivity index (χ2n) is 5.21. The third-order valence-corrected chi connectivity index (χ3v) is 3.17. The van der Waals surface area contributed by atoms with E-state index in [1.165, 1.54) is 0 Å². The lowest BCUT2D eigenvalue weighted by Gasteiger charge is -2.04. The van der Waals surface area contributed by atoms with Gasteiger partial charge in [0.25, 0.3) is 0 Å². The predicted octanol–water partition coefficient (Wildman–Crippen LogP) is 3.23. The molecule has 0 aliphatic carbocycles. The minimum absolute atomic E-state index is 0.609. The first-order valence-electron chi connectivity index (χ1n) is 6.51. The summed E-state index contributed by atoms with van der Waals surface area (Å²) in [6, 6.07) is 2.05. The van der Waals surface area contributed by atoms with E-state index >= 15 is 0 Å². The largest absolute Gasteiger partial charge is 0.467 e. The third-order valence-electron chi connectivity index (χ3n) is 2.79. The van der Waals surface area contributed by atoms with E-state index in [0.717, 1.165) is 30.1 Å². The van der Waals surface area contributed by atoms with Crippen LogP contribution in [0.1, 0.15) is 30.9 Å². The molecule has 0 fully saturated rings. The van der Waals surface area contributed by atoms with Gasteiger partial charge in [0, 0.05) is 18.3 Å². The summed E-state index contributed by atoms with van der Waals surface area (Å²) in [5.74, 6) is 1.54. The van der Waals surface area contributed by atoms with Crippen molar-refractivity contribution in [1.82, 2.24) is 15.1 Å². The van der Waals surface area contributed by atoms with Gasteiger partial charge in [-0.15, -0.1) is 0 Å². The van der Waals surface area contributed by atoms with Crippen LogP contribution in [0.3, 0.4) is 0 Å². The molecule has 0 bridgehead atoms. The van der Waals surface area contributed by atoms with E-state index in [2.05, 4.69) is 30.3 Å². The van der Waals surface area contributed by atoms with Gasteiger partial charge in [-0.2, -0.15) is 5.10 Å². The summed E-state index contributed by atoms with van der Waals surface area (Å²) in [4.78, 5) is 0.